The van der Waals surface area contributed by atoms with Crippen molar-refractivity contribution in [2.45, 2.75) is 50.7 Å². The number of carbonyl (C=O) groups is 3. The zero-order valence-electron chi connectivity index (χ0n) is 20.9. The minimum absolute atomic E-state index is 0.0969. The molecule has 2 heterocycles. The number of carboxylic acid groups (broad SMARTS) is 1. The predicted molar refractivity (Wildman–Crippen MR) is 137 cm³/mol. The molecule has 1 fully saturated rings. The van der Waals surface area contributed by atoms with Crippen molar-refractivity contribution in [2.24, 2.45) is 11.7 Å². The van der Waals surface area contributed by atoms with E-state index in [1.165, 1.54) is 22.9 Å². The van der Waals surface area contributed by atoms with Gasteiger partial charge in [-0.15, -0.1) is 11.8 Å². The lowest BCUT2D eigenvalue weighted by Crippen LogP contribution is -2.46. The molecule has 5 N–H and O–H groups in total. The van der Waals surface area contributed by atoms with Crippen LogP contribution in [0, 0.1) is 23.4 Å². The Morgan fingerprint density at radius 2 is 1.89 bits per heavy atom. The highest BCUT2D eigenvalue weighted by Crippen LogP contribution is 2.25. The Kier molecular flexibility index (Phi) is 9.97. The van der Waals surface area contributed by atoms with E-state index in [2.05, 4.69) is 15.6 Å². The van der Waals surface area contributed by atoms with Crippen molar-refractivity contribution >= 4 is 35.2 Å². The van der Waals surface area contributed by atoms with Gasteiger partial charge in [0.05, 0.1) is 24.1 Å². The van der Waals surface area contributed by atoms with E-state index in [0.717, 1.165) is 6.07 Å². The molecular formula is C25H30F3N5O4S. The molecule has 0 bridgehead atoms. The molecule has 1 aromatic carbocycles. The number of pyridine rings is 1. The van der Waals surface area contributed by atoms with E-state index in [9.17, 15) is 32.7 Å². The number of hydrogen-bond acceptors (Lipinski definition) is 7. The van der Waals surface area contributed by atoms with Crippen LogP contribution in [0.1, 0.15) is 31.5 Å². The highest BCUT2D eigenvalue weighted by Gasteiger charge is 2.35. The second-order valence-electron chi connectivity index (χ2n) is 9.30. The summed E-state index contributed by atoms with van der Waals surface area (Å²) in [5.41, 5.74) is 6.92. The summed E-state index contributed by atoms with van der Waals surface area (Å²) in [6.07, 6.45) is 1.11. The first-order valence-corrected chi connectivity index (χ1v) is 13.0. The molecule has 0 radical (unpaired) electrons. The maximum atomic E-state index is 13.9. The Hall–Kier alpha value is -3.32. The quantitative estimate of drug-likeness (QED) is 0.312. The van der Waals surface area contributed by atoms with E-state index in [4.69, 9.17) is 5.73 Å². The zero-order chi connectivity index (χ0) is 28.0. The molecule has 1 aliphatic heterocycles. The number of carbonyl (C=O) groups excluding carboxylic acids is 2. The lowest BCUT2D eigenvalue weighted by molar-refractivity contribution is -0.138. The van der Waals surface area contributed by atoms with Gasteiger partial charge in [0.1, 0.15) is 11.9 Å². The summed E-state index contributed by atoms with van der Waals surface area (Å²) in [7, 11) is 0. The van der Waals surface area contributed by atoms with Crippen molar-refractivity contribution in [3.8, 4) is 0 Å². The number of nitrogens with two attached hydrogens (primary N) is 1. The molecule has 38 heavy (non-hydrogen) atoms. The first-order valence-electron chi connectivity index (χ1n) is 12.0. The molecule has 2 aromatic rings. The molecule has 1 aromatic heterocycles. The van der Waals surface area contributed by atoms with Crippen molar-refractivity contribution < 1.29 is 32.7 Å². The van der Waals surface area contributed by atoms with Gasteiger partial charge in [0.25, 0.3) is 5.91 Å². The fourth-order valence-corrected chi connectivity index (χ4v) is 5.09. The van der Waals surface area contributed by atoms with Gasteiger partial charge in [-0.2, -0.15) is 0 Å². The molecule has 3 atom stereocenters. The first-order chi connectivity index (χ1) is 18.0. The van der Waals surface area contributed by atoms with Crippen LogP contribution in [-0.4, -0.2) is 62.5 Å². The van der Waals surface area contributed by atoms with Gasteiger partial charge < -0.3 is 26.4 Å². The summed E-state index contributed by atoms with van der Waals surface area (Å²) >= 11 is 1.29. The second kappa shape index (κ2) is 13.0. The topological polar surface area (TPSA) is 138 Å². The maximum absolute atomic E-state index is 13.9. The van der Waals surface area contributed by atoms with Crippen LogP contribution in [0.15, 0.2) is 30.5 Å². The summed E-state index contributed by atoms with van der Waals surface area (Å²) < 4.78 is 40.5. The van der Waals surface area contributed by atoms with Crippen molar-refractivity contribution in [3.63, 3.8) is 0 Å². The fraction of sp³-hybridized carbons (Fsp3) is 0.440. The van der Waals surface area contributed by atoms with Gasteiger partial charge in [-0.3, -0.25) is 14.6 Å². The average Bonchev–Trinajstić information content (AvgIpc) is 3.35. The Bertz CT molecular complexity index is 1170. The predicted octanol–water partition coefficient (Wildman–Crippen LogP) is 2.50. The number of aliphatic carboxylic acids is 1. The van der Waals surface area contributed by atoms with E-state index in [0.29, 0.717) is 29.7 Å². The Morgan fingerprint density at radius 3 is 2.53 bits per heavy atom. The highest BCUT2D eigenvalue weighted by atomic mass is 32.2. The summed E-state index contributed by atoms with van der Waals surface area (Å²) in [5, 5.41) is 14.2. The molecule has 1 saturated heterocycles. The number of carboxylic acids is 1. The van der Waals surface area contributed by atoms with Gasteiger partial charge >= 0.3 is 5.97 Å². The third-order valence-corrected chi connectivity index (χ3v) is 7.17. The Labute approximate surface area is 222 Å². The van der Waals surface area contributed by atoms with Gasteiger partial charge in [-0.25, -0.2) is 18.0 Å². The SMILES string of the molecule is CC(C)[C@H](Nc1ccc(CNC(=O)[C@@H]2SCCN2C(=O)C[C@H](N)Cc2cc(F)c(F)cc2F)nc1)C(=O)O. The summed E-state index contributed by atoms with van der Waals surface area (Å²) in [5.74, 6) is -4.82. The number of benzene rings is 1. The van der Waals surface area contributed by atoms with Crippen LogP contribution in [-0.2, 0) is 27.3 Å². The molecule has 3 rings (SSSR count). The lowest BCUT2D eigenvalue weighted by atomic mass is 10.0. The Morgan fingerprint density at radius 1 is 1.18 bits per heavy atom. The minimum atomic E-state index is -1.31. The molecule has 2 amide bonds. The standard InChI is InChI=1S/C25H30F3N5O4S/c1-13(2)22(25(36)37)32-17-4-3-16(30-12-17)11-31-23(35)24-33(5-6-38-24)21(34)9-15(29)7-14-8-19(27)20(28)10-18(14)26/h3-4,8,10,12-13,15,22,24,32H,5-7,9,11,29H2,1-2H3,(H,31,35)(H,36,37)/t15-,22+,24+/m1/s1. The highest BCUT2D eigenvalue weighted by molar-refractivity contribution is 8.00. The third kappa shape index (κ3) is 7.60. The van der Waals surface area contributed by atoms with Crippen LogP contribution >= 0.6 is 11.8 Å². The number of aromatic nitrogens is 1. The van der Waals surface area contributed by atoms with Gasteiger partial charge in [-0.1, -0.05) is 13.8 Å². The van der Waals surface area contributed by atoms with Crippen LogP contribution < -0.4 is 16.4 Å². The van der Waals surface area contributed by atoms with E-state index in [-0.39, 0.29) is 30.9 Å². The van der Waals surface area contributed by atoms with Gasteiger partial charge in [0.15, 0.2) is 17.0 Å². The molecular weight excluding hydrogens is 523 g/mol. The number of anilines is 1. The Balaban J connectivity index is 1.52. The minimum Gasteiger partial charge on any atom is -0.480 e. The molecule has 0 saturated carbocycles. The number of amides is 2. The van der Waals surface area contributed by atoms with Crippen LogP contribution in [0.25, 0.3) is 0 Å². The number of rotatable bonds is 11. The fourth-order valence-electron chi connectivity index (χ4n) is 3.93. The molecule has 0 aliphatic carbocycles. The molecule has 0 unspecified atom stereocenters. The van der Waals surface area contributed by atoms with Gasteiger partial charge in [-0.05, 0) is 36.1 Å². The normalized spacial score (nSPS) is 16.8. The molecule has 206 valence electrons. The second-order valence-corrected chi connectivity index (χ2v) is 10.5. The van der Waals surface area contributed by atoms with Crippen LogP contribution in [0.4, 0.5) is 18.9 Å². The van der Waals surface area contributed by atoms with Crippen LogP contribution in [0.3, 0.4) is 0 Å². The summed E-state index contributed by atoms with van der Waals surface area (Å²) in [6, 6.07) is 2.86. The number of halogens is 3. The smallest absolute Gasteiger partial charge is 0.326 e. The number of nitrogens with zero attached hydrogens (tertiary/aromatic N) is 2. The average molecular weight is 554 g/mol. The molecule has 1 aliphatic rings. The first kappa shape index (κ1) is 29.2. The zero-order valence-corrected chi connectivity index (χ0v) is 21.7. The molecule has 0 spiro atoms. The van der Waals surface area contributed by atoms with E-state index >= 15 is 0 Å². The molecule has 9 nitrogen and oxygen atoms in total. The van der Waals surface area contributed by atoms with Crippen LogP contribution in [0.5, 0.6) is 0 Å². The van der Waals surface area contributed by atoms with E-state index in [1.54, 1.807) is 26.0 Å². The van der Waals surface area contributed by atoms with Crippen molar-refractivity contribution in [3.05, 3.63) is 59.2 Å². The largest absolute Gasteiger partial charge is 0.480 e. The number of thioether (sulfide) groups is 1. The third-order valence-electron chi connectivity index (χ3n) is 5.97. The van der Waals surface area contributed by atoms with Crippen LogP contribution in [0.2, 0.25) is 0 Å². The van der Waals surface area contributed by atoms with Gasteiger partial charge in [0.2, 0.25) is 5.91 Å². The van der Waals surface area contributed by atoms with Gasteiger partial charge in [0, 0.05) is 30.8 Å². The number of hydrogen-bond donors (Lipinski definition) is 4. The summed E-state index contributed by atoms with van der Waals surface area (Å²) in [4.78, 5) is 42.6. The number of nitrogens with one attached hydrogen (secondary N) is 2. The van der Waals surface area contributed by atoms with E-state index in [1.807, 2.05) is 0 Å². The maximum Gasteiger partial charge on any atom is 0.326 e. The monoisotopic (exact) mass is 553 g/mol. The summed E-state index contributed by atoms with van der Waals surface area (Å²) in [6.45, 7) is 4.00. The van der Waals surface area contributed by atoms with Crippen molar-refractivity contribution in [1.82, 2.24) is 15.2 Å². The van der Waals surface area contributed by atoms with Crippen molar-refractivity contribution in [1.29, 1.82) is 0 Å². The lowest BCUT2D eigenvalue weighted by Gasteiger charge is -2.24. The molecule has 13 heteroatoms. The van der Waals surface area contributed by atoms with E-state index < -0.39 is 52.7 Å². The van der Waals surface area contributed by atoms with Crippen molar-refractivity contribution in [2.75, 3.05) is 17.6 Å².